The number of rotatable bonds is 1. The normalized spacial score (nSPS) is 32.4. The summed E-state index contributed by atoms with van der Waals surface area (Å²) in [7, 11) is 0. The predicted octanol–water partition coefficient (Wildman–Crippen LogP) is 3.32. The SMILES string of the molecule is C1CCC2(CC1)CSC(=NC1CCCC1)N2. The highest BCUT2D eigenvalue weighted by Gasteiger charge is 2.38. The first kappa shape index (κ1) is 10.9. The summed E-state index contributed by atoms with van der Waals surface area (Å²) >= 11 is 1.97. The van der Waals surface area contributed by atoms with E-state index in [4.69, 9.17) is 4.99 Å². The maximum atomic E-state index is 4.89. The fourth-order valence-electron chi connectivity index (χ4n) is 3.27. The Balaban J connectivity index is 1.62. The Kier molecular flexibility index (Phi) is 3.14. The van der Waals surface area contributed by atoms with Crippen LogP contribution in [0.1, 0.15) is 57.8 Å². The van der Waals surface area contributed by atoms with Crippen LogP contribution in [0.4, 0.5) is 0 Å². The molecule has 0 aromatic carbocycles. The molecule has 0 amide bonds. The van der Waals surface area contributed by atoms with Crippen molar-refractivity contribution < 1.29 is 0 Å². The van der Waals surface area contributed by atoms with Crippen molar-refractivity contribution in [3.05, 3.63) is 0 Å². The Labute approximate surface area is 103 Å². The summed E-state index contributed by atoms with van der Waals surface area (Å²) in [6.45, 7) is 0. The molecule has 0 aromatic rings. The fourth-order valence-corrected chi connectivity index (χ4v) is 4.56. The van der Waals surface area contributed by atoms with Crippen molar-refractivity contribution in [3.8, 4) is 0 Å². The lowest BCUT2D eigenvalue weighted by Crippen LogP contribution is -2.45. The summed E-state index contributed by atoms with van der Waals surface area (Å²) in [5.74, 6) is 1.26. The van der Waals surface area contributed by atoms with E-state index in [0.717, 1.165) is 0 Å². The van der Waals surface area contributed by atoms with Gasteiger partial charge in [0.15, 0.2) is 5.17 Å². The van der Waals surface area contributed by atoms with Gasteiger partial charge in [-0.05, 0) is 25.7 Å². The van der Waals surface area contributed by atoms with Crippen LogP contribution in [0.15, 0.2) is 4.99 Å². The van der Waals surface area contributed by atoms with Crippen molar-refractivity contribution >= 4 is 16.9 Å². The molecular formula is C13H22N2S. The van der Waals surface area contributed by atoms with E-state index in [-0.39, 0.29) is 0 Å². The number of thioether (sulfide) groups is 1. The molecule has 0 aromatic heterocycles. The molecular weight excluding hydrogens is 216 g/mol. The third-order valence-corrected chi connectivity index (χ3v) is 5.47. The fraction of sp³-hybridized carbons (Fsp3) is 0.923. The predicted molar refractivity (Wildman–Crippen MR) is 71.1 cm³/mol. The summed E-state index contributed by atoms with van der Waals surface area (Å²) in [5, 5.41) is 5.00. The van der Waals surface area contributed by atoms with E-state index < -0.39 is 0 Å². The number of hydrogen-bond donors (Lipinski definition) is 1. The average Bonchev–Trinajstić information content (AvgIpc) is 2.92. The van der Waals surface area contributed by atoms with Crippen LogP contribution < -0.4 is 5.32 Å². The van der Waals surface area contributed by atoms with Gasteiger partial charge >= 0.3 is 0 Å². The van der Waals surface area contributed by atoms with Gasteiger partial charge in [0.1, 0.15) is 0 Å². The highest BCUT2D eigenvalue weighted by Crippen LogP contribution is 2.36. The van der Waals surface area contributed by atoms with Gasteiger partial charge < -0.3 is 5.32 Å². The molecule has 0 bridgehead atoms. The molecule has 0 radical (unpaired) electrons. The van der Waals surface area contributed by atoms with Crippen molar-refractivity contribution in [3.63, 3.8) is 0 Å². The Hall–Kier alpha value is -0.180. The van der Waals surface area contributed by atoms with Crippen LogP contribution >= 0.6 is 11.8 Å². The number of amidine groups is 1. The highest BCUT2D eigenvalue weighted by molar-refractivity contribution is 8.14. The van der Waals surface area contributed by atoms with Crippen molar-refractivity contribution in [2.24, 2.45) is 4.99 Å². The van der Waals surface area contributed by atoms with E-state index in [2.05, 4.69) is 5.32 Å². The van der Waals surface area contributed by atoms with Crippen LogP contribution in [0.25, 0.3) is 0 Å². The number of aliphatic imine (C=N–C) groups is 1. The second kappa shape index (κ2) is 4.59. The van der Waals surface area contributed by atoms with Crippen molar-refractivity contribution in [2.45, 2.75) is 69.4 Å². The summed E-state index contributed by atoms with van der Waals surface area (Å²) in [5.41, 5.74) is 0.431. The van der Waals surface area contributed by atoms with Gasteiger partial charge in [0.2, 0.25) is 0 Å². The lowest BCUT2D eigenvalue weighted by Gasteiger charge is -2.32. The highest BCUT2D eigenvalue weighted by atomic mass is 32.2. The Bertz CT molecular complexity index is 276. The minimum Gasteiger partial charge on any atom is -0.359 e. The van der Waals surface area contributed by atoms with Gasteiger partial charge in [-0.25, -0.2) is 0 Å². The summed E-state index contributed by atoms with van der Waals surface area (Å²) in [6.07, 6.45) is 12.4. The summed E-state index contributed by atoms with van der Waals surface area (Å²) in [4.78, 5) is 4.89. The monoisotopic (exact) mass is 238 g/mol. The largest absolute Gasteiger partial charge is 0.359 e. The molecule has 0 unspecified atom stereocenters. The van der Waals surface area contributed by atoms with Gasteiger partial charge in [-0.3, -0.25) is 4.99 Å². The van der Waals surface area contributed by atoms with E-state index in [0.29, 0.717) is 11.6 Å². The zero-order chi connectivity index (χ0) is 10.8. The summed E-state index contributed by atoms with van der Waals surface area (Å²) < 4.78 is 0. The van der Waals surface area contributed by atoms with E-state index in [9.17, 15) is 0 Å². The van der Waals surface area contributed by atoms with Crippen LogP contribution in [0.5, 0.6) is 0 Å². The third kappa shape index (κ3) is 2.24. The van der Waals surface area contributed by atoms with E-state index in [1.807, 2.05) is 11.8 Å². The molecule has 1 saturated heterocycles. The Morgan fingerprint density at radius 1 is 1.06 bits per heavy atom. The quantitative estimate of drug-likeness (QED) is 0.758. The molecule has 0 atom stereocenters. The van der Waals surface area contributed by atoms with Crippen molar-refractivity contribution in [1.82, 2.24) is 5.32 Å². The second-order valence-electron chi connectivity index (χ2n) is 5.63. The molecule has 2 saturated carbocycles. The molecule has 3 fully saturated rings. The van der Waals surface area contributed by atoms with E-state index >= 15 is 0 Å². The van der Waals surface area contributed by atoms with Crippen LogP contribution in [-0.4, -0.2) is 22.5 Å². The molecule has 2 nitrogen and oxygen atoms in total. The first-order chi connectivity index (χ1) is 7.86. The molecule has 1 N–H and O–H groups in total. The van der Waals surface area contributed by atoms with Gasteiger partial charge in [-0.15, -0.1) is 0 Å². The van der Waals surface area contributed by atoms with Crippen LogP contribution in [0, 0.1) is 0 Å². The zero-order valence-electron chi connectivity index (χ0n) is 10.0. The molecule has 1 spiro atoms. The molecule has 2 aliphatic carbocycles. The van der Waals surface area contributed by atoms with E-state index in [1.165, 1.54) is 68.7 Å². The Morgan fingerprint density at radius 2 is 1.81 bits per heavy atom. The van der Waals surface area contributed by atoms with Gasteiger partial charge in [0.25, 0.3) is 0 Å². The number of hydrogen-bond acceptors (Lipinski definition) is 2. The van der Waals surface area contributed by atoms with Gasteiger partial charge in [-0.2, -0.15) is 0 Å². The molecule has 3 heteroatoms. The Morgan fingerprint density at radius 3 is 2.56 bits per heavy atom. The summed E-state index contributed by atoms with van der Waals surface area (Å²) in [6, 6.07) is 0.633. The van der Waals surface area contributed by atoms with Crippen molar-refractivity contribution in [1.29, 1.82) is 0 Å². The topological polar surface area (TPSA) is 24.4 Å². The third-order valence-electron chi connectivity index (χ3n) is 4.29. The molecule has 1 heterocycles. The van der Waals surface area contributed by atoms with Crippen LogP contribution in [-0.2, 0) is 0 Å². The van der Waals surface area contributed by atoms with Gasteiger partial charge in [0, 0.05) is 11.3 Å². The van der Waals surface area contributed by atoms with Gasteiger partial charge in [0.05, 0.1) is 6.04 Å². The minimum absolute atomic E-state index is 0.431. The number of nitrogens with one attached hydrogen (secondary N) is 1. The van der Waals surface area contributed by atoms with Gasteiger partial charge in [-0.1, -0.05) is 43.9 Å². The van der Waals surface area contributed by atoms with Crippen molar-refractivity contribution in [2.75, 3.05) is 5.75 Å². The van der Waals surface area contributed by atoms with E-state index in [1.54, 1.807) is 0 Å². The van der Waals surface area contributed by atoms with Crippen LogP contribution in [0.2, 0.25) is 0 Å². The smallest absolute Gasteiger partial charge is 0.157 e. The standard InChI is InChI=1S/C13H22N2S/c1-4-8-13(9-5-1)10-16-12(15-13)14-11-6-2-3-7-11/h11H,1-10H2,(H,14,15). The maximum absolute atomic E-state index is 4.89. The molecule has 16 heavy (non-hydrogen) atoms. The first-order valence-corrected chi connectivity index (χ1v) is 7.84. The minimum atomic E-state index is 0.431. The first-order valence-electron chi connectivity index (χ1n) is 6.85. The molecule has 3 aliphatic rings. The number of nitrogens with zero attached hydrogens (tertiary/aromatic N) is 1. The lowest BCUT2D eigenvalue weighted by molar-refractivity contribution is 0.303. The van der Waals surface area contributed by atoms with Crippen LogP contribution in [0.3, 0.4) is 0 Å². The second-order valence-corrected chi connectivity index (χ2v) is 6.59. The zero-order valence-corrected chi connectivity index (χ0v) is 10.8. The molecule has 3 rings (SSSR count). The average molecular weight is 238 g/mol. The lowest BCUT2D eigenvalue weighted by atomic mass is 9.83. The molecule has 1 aliphatic heterocycles. The maximum Gasteiger partial charge on any atom is 0.157 e. The molecule has 90 valence electrons.